The van der Waals surface area contributed by atoms with Crippen molar-refractivity contribution in [2.45, 2.75) is 12.4 Å². The highest BCUT2D eigenvalue weighted by Gasteiger charge is 2.04. The molecule has 27 heavy (non-hydrogen) atoms. The van der Waals surface area contributed by atoms with Crippen molar-refractivity contribution in [2.75, 3.05) is 11.1 Å². The largest absolute Gasteiger partial charge is 0.489 e. The van der Waals surface area contributed by atoms with Gasteiger partial charge in [-0.05, 0) is 47.5 Å². The number of carbonyl (C=O) groups is 1. The first kappa shape index (κ1) is 19.3. The number of thioether (sulfide) groups is 1. The lowest BCUT2D eigenvalue weighted by atomic mass is 10.2. The Hall–Kier alpha value is -2.43. The molecule has 3 aromatic rings. The lowest BCUT2D eigenvalue weighted by Gasteiger charge is -2.08. The van der Waals surface area contributed by atoms with Crippen LogP contribution in [0.5, 0.6) is 5.75 Å². The van der Waals surface area contributed by atoms with Crippen LogP contribution in [0.2, 0.25) is 5.02 Å². The highest BCUT2D eigenvalue weighted by atomic mass is 35.5. The van der Waals surface area contributed by atoms with Crippen molar-refractivity contribution >= 4 is 35.0 Å². The maximum absolute atomic E-state index is 12.1. The molecular formula is C22H20ClNO2S. The lowest BCUT2D eigenvalue weighted by molar-refractivity contribution is -0.113. The summed E-state index contributed by atoms with van der Waals surface area (Å²) in [7, 11) is 0. The summed E-state index contributed by atoms with van der Waals surface area (Å²) in [5.74, 6) is 1.88. The van der Waals surface area contributed by atoms with Gasteiger partial charge in [0, 0.05) is 16.5 Å². The molecule has 3 aromatic carbocycles. The minimum Gasteiger partial charge on any atom is -0.489 e. The molecule has 0 saturated carbocycles. The molecule has 0 radical (unpaired) electrons. The molecule has 0 saturated heterocycles. The molecule has 0 bridgehead atoms. The van der Waals surface area contributed by atoms with E-state index in [0.29, 0.717) is 17.4 Å². The monoisotopic (exact) mass is 397 g/mol. The minimum absolute atomic E-state index is 0.0278. The predicted octanol–water partition coefficient (Wildman–Crippen LogP) is 5.79. The van der Waals surface area contributed by atoms with Crippen LogP contribution in [0.4, 0.5) is 5.69 Å². The fourth-order valence-electron chi connectivity index (χ4n) is 2.46. The molecule has 3 rings (SSSR count). The maximum atomic E-state index is 12.1. The van der Waals surface area contributed by atoms with Crippen molar-refractivity contribution in [3.63, 3.8) is 0 Å². The van der Waals surface area contributed by atoms with E-state index >= 15 is 0 Å². The Morgan fingerprint density at radius 1 is 0.926 bits per heavy atom. The van der Waals surface area contributed by atoms with Gasteiger partial charge in [-0.25, -0.2) is 0 Å². The SMILES string of the molecule is O=C(CSCc1cccc(Cl)c1)Nc1ccc(OCc2ccccc2)cc1. The highest BCUT2D eigenvalue weighted by molar-refractivity contribution is 7.99. The average Bonchev–Trinajstić information content (AvgIpc) is 2.68. The van der Waals surface area contributed by atoms with Gasteiger partial charge in [0.05, 0.1) is 5.75 Å². The summed E-state index contributed by atoms with van der Waals surface area (Å²) >= 11 is 7.52. The van der Waals surface area contributed by atoms with Crippen LogP contribution in [0.1, 0.15) is 11.1 Å². The van der Waals surface area contributed by atoms with Crippen LogP contribution in [0, 0.1) is 0 Å². The van der Waals surface area contributed by atoms with E-state index < -0.39 is 0 Å². The molecule has 0 aliphatic carbocycles. The number of carbonyl (C=O) groups excluding carboxylic acids is 1. The minimum atomic E-state index is -0.0278. The number of hydrogen-bond acceptors (Lipinski definition) is 3. The van der Waals surface area contributed by atoms with E-state index in [1.54, 1.807) is 11.8 Å². The Morgan fingerprint density at radius 3 is 2.41 bits per heavy atom. The molecule has 0 fully saturated rings. The van der Waals surface area contributed by atoms with Gasteiger partial charge in [-0.15, -0.1) is 11.8 Å². The summed E-state index contributed by atoms with van der Waals surface area (Å²) in [6.45, 7) is 0.521. The number of nitrogens with one attached hydrogen (secondary N) is 1. The molecule has 1 amide bonds. The first-order valence-electron chi connectivity index (χ1n) is 8.58. The maximum Gasteiger partial charge on any atom is 0.234 e. The van der Waals surface area contributed by atoms with Crippen LogP contribution in [0.25, 0.3) is 0 Å². The van der Waals surface area contributed by atoms with Gasteiger partial charge in [0.1, 0.15) is 12.4 Å². The van der Waals surface area contributed by atoms with Crippen molar-refractivity contribution in [3.05, 3.63) is 95.0 Å². The molecule has 0 atom stereocenters. The fourth-order valence-corrected chi connectivity index (χ4v) is 3.45. The van der Waals surface area contributed by atoms with Gasteiger partial charge in [0.2, 0.25) is 5.91 Å². The normalized spacial score (nSPS) is 10.4. The van der Waals surface area contributed by atoms with Gasteiger partial charge >= 0.3 is 0 Å². The molecule has 0 spiro atoms. The molecule has 0 heterocycles. The van der Waals surface area contributed by atoms with Crippen molar-refractivity contribution in [3.8, 4) is 5.75 Å². The van der Waals surface area contributed by atoms with Gasteiger partial charge in [-0.2, -0.15) is 0 Å². The molecule has 0 aliphatic heterocycles. The van der Waals surface area contributed by atoms with Gasteiger partial charge in [0.15, 0.2) is 0 Å². The van der Waals surface area contributed by atoms with Crippen LogP contribution in [-0.4, -0.2) is 11.7 Å². The molecule has 0 aliphatic rings. The van der Waals surface area contributed by atoms with Crippen LogP contribution in [0.15, 0.2) is 78.9 Å². The highest BCUT2D eigenvalue weighted by Crippen LogP contribution is 2.19. The lowest BCUT2D eigenvalue weighted by Crippen LogP contribution is -2.14. The number of anilines is 1. The average molecular weight is 398 g/mol. The van der Waals surface area contributed by atoms with Crippen LogP contribution < -0.4 is 10.1 Å². The Morgan fingerprint density at radius 2 is 1.67 bits per heavy atom. The van der Waals surface area contributed by atoms with Crippen LogP contribution in [-0.2, 0) is 17.2 Å². The second-order valence-electron chi connectivity index (χ2n) is 5.97. The van der Waals surface area contributed by atoms with E-state index in [9.17, 15) is 4.79 Å². The Bertz CT molecular complexity index is 869. The molecule has 0 unspecified atom stereocenters. The number of benzene rings is 3. The van der Waals surface area contributed by atoms with Gasteiger partial charge in [-0.1, -0.05) is 54.1 Å². The predicted molar refractivity (Wildman–Crippen MR) is 113 cm³/mol. The standard InChI is InChI=1S/C22H20ClNO2S/c23-19-8-4-7-18(13-19)15-27-16-22(25)24-20-9-11-21(12-10-20)26-14-17-5-2-1-3-6-17/h1-13H,14-16H2,(H,24,25). The molecule has 138 valence electrons. The number of halogens is 1. The summed E-state index contributed by atoms with van der Waals surface area (Å²) < 4.78 is 5.75. The molecule has 5 heteroatoms. The molecule has 3 nitrogen and oxygen atoms in total. The van der Waals surface area contributed by atoms with E-state index in [1.807, 2.05) is 78.9 Å². The van der Waals surface area contributed by atoms with Crippen LogP contribution in [0.3, 0.4) is 0 Å². The number of hydrogen-bond donors (Lipinski definition) is 1. The summed E-state index contributed by atoms with van der Waals surface area (Å²) in [5.41, 5.74) is 2.99. The fraction of sp³-hybridized carbons (Fsp3) is 0.136. The zero-order chi connectivity index (χ0) is 18.9. The zero-order valence-corrected chi connectivity index (χ0v) is 16.3. The van der Waals surface area contributed by atoms with Gasteiger partial charge in [0.25, 0.3) is 0 Å². The summed E-state index contributed by atoms with van der Waals surface area (Å²) in [6, 6.07) is 25.1. The number of ether oxygens (including phenoxy) is 1. The smallest absolute Gasteiger partial charge is 0.234 e. The van der Waals surface area contributed by atoms with Crippen LogP contribution >= 0.6 is 23.4 Å². The first-order valence-corrected chi connectivity index (χ1v) is 10.1. The van der Waals surface area contributed by atoms with Crippen molar-refractivity contribution in [1.82, 2.24) is 0 Å². The molecular weight excluding hydrogens is 378 g/mol. The quantitative estimate of drug-likeness (QED) is 0.522. The third kappa shape index (κ3) is 6.66. The molecule has 1 N–H and O–H groups in total. The van der Waals surface area contributed by atoms with Gasteiger partial charge < -0.3 is 10.1 Å². The van der Waals surface area contributed by atoms with E-state index in [1.165, 1.54) is 0 Å². The second-order valence-corrected chi connectivity index (χ2v) is 7.39. The van der Waals surface area contributed by atoms with E-state index in [0.717, 1.165) is 28.3 Å². The molecule has 0 aromatic heterocycles. The van der Waals surface area contributed by atoms with E-state index in [2.05, 4.69) is 5.32 Å². The first-order chi connectivity index (χ1) is 13.2. The number of rotatable bonds is 8. The Kier molecular flexibility index (Phi) is 7.19. The van der Waals surface area contributed by atoms with Crippen molar-refractivity contribution in [2.24, 2.45) is 0 Å². The number of amides is 1. The van der Waals surface area contributed by atoms with Crippen molar-refractivity contribution < 1.29 is 9.53 Å². The van der Waals surface area contributed by atoms with E-state index in [4.69, 9.17) is 16.3 Å². The topological polar surface area (TPSA) is 38.3 Å². The second kappa shape index (κ2) is 10.0. The van der Waals surface area contributed by atoms with Crippen molar-refractivity contribution in [1.29, 1.82) is 0 Å². The van der Waals surface area contributed by atoms with Gasteiger partial charge in [-0.3, -0.25) is 4.79 Å². The Balaban J connectivity index is 1.41. The van der Waals surface area contributed by atoms with E-state index in [-0.39, 0.29) is 5.91 Å². The Labute approximate surface area is 168 Å². The summed E-state index contributed by atoms with van der Waals surface area (Å²) in [4.78, 5) is 12.1. The third-order valence-corrected chi connectivity index (χ3v) is 5.02. The zero-order valence-electron chi connectivity index (χ0n) is 14.7. The summed E-state index contributed by atoms with van der Waals surface area (Å²) in [5, 5.41) is 3.61. The third-order valence-electron chi connectivity index (χ3n) is 3.78. The summed E-state index contributed by atoms with van der Waals surface area (Å²) in [6.07, 6.45) is 0.